The highest BCUT2D eigenvalue weighted by atomic mass is 35.5. The lowest BCUT2D eigenvalue weighted by Gasteiger charge is -2.30. The van der Waals surface area contributed by atoms with E-state index in [-0.39, 0.29) is 23.7 Å². The molecule has 1 unspecified atom stereocenters. The van der Waals surface area contributed by atoms with E-state index in [2.05, 4.69) is 32.9 Å². The summed E-state index contributed by atoms with van der Waals surface area (Å²) in [5, 5.41) is 18.8. The van der Waals surface area contributed by atoms with Crippen molar-refractivity contribution in [3.05, 3.63) is 101 Å². The van der Waals surface area contributed by atoms with E-state index in [1.54, 1.807) is 29.3 Å². The van der Waals surface area contributed by atoms with Crippen molar-refractivity contribution in [2.75, 3.05) is 6.54 Å². The van der Waals surface area contributed by atoms with Crippen molar-refractivity contribution < 1.29 is 4.79 Å². The molecule has 8 nitrogen and oxygen atoms in total. The van der Waals surface area contributed by atoms with Gasteiger partial charge in [0.15, 0.2) is 0 Å². The van der Waals surface area contributed by atoms with Crippen LogP contribution in [0.3, 0.4) is 0 Å². The zero-order valence-electron chi connectivity index (χ0n) is 20.0. The fourth-order valence-corrected chi connectivity index (χ4v) is 4.50. The number of nitrogens with one attached hydrogen (secondary N) is 1. The summed E-state index contributed by atoms with van der Waals surface area (Å²) in [4.78, 5) is 16.7. The van der Waals surface area contributed by atoms with Crippen LogP contribution in [0.25, 0.3) is 0 Å². The highest BCUT2D eigenvalue weighted by Crippen LogP contribution is 2.31. The molecule has 1 atom stereocenters. The topological polar surface area (TPSA) is 119 Å². The SMILES string of the molecule is CC(=O)N/C(N)=N\C(=N\Sc1ccc(C#N)cc1)N1CCC(c2ccccc2)C(c2ccc(Cl)cc2)=N1. The smallest absolute Gasteiger partial charge is 0.256 e. The third-order valence-electron chi connectivity index (χ3n) is 5.50. The van der Waals surface area contributed by atoms with Crippen molar-refractivity contribution in [2.24, 2.45) is 20.2 Å². The molecule has 37 heavy (non-hydrogen) atoms. The van der Waals surface area contributed by atoms with Gasteiger partial charge >= 0.3 is 0 Å². The summed E-state index contributed by atoms with van der Waals surface area (Å²) < 4.78 is 4.59. The zero-order chi connectivity index (χ0) is 26.2. The number of hydrogen-bond acceptors (Lipinski definition) is 5. The lowest BCUT2D eigenvalue weighted by molar-refractivity contribution is -0.117. The molecular formula is C27H24ClN7OS. The second-order valence-corrected chi connectivity index (χ2v) is 9.44. The van der Waals surface area contributed by atoms with Gasteiger partial charge in [-0.25, -0.2) is 5.01 Å². The van der Waals surface area contributed by atoms with Gasteiger partial charge in [-0.2, -0.15) is 19.8 Å². The van der Waals surface area contributed by atoms with Crippen LogP contribution in [0.2, 0.25) is 5.02 Å². The largest absolute Gasteiger partial charge is 0.369 e. The van der Waals surface area contributed by atoms with Crippen molar-refractivity contribution in [1.82, 2.24) is 10.3 Å². The van der Waals surface area contributed by atoms with Crippen LogP contribution >= 0.6 is 23.5 Å². The van der Waals surface area contributed by atoms with E-state index in [0.29, 0.717) is 17.1 Å². The van der Waals surface area contributed by atoms with Crippen LogP contribution in [0.4, 0.5) is 0 Å². The Labute approximate surface area is 224 Å². The number of hydrogen-bond donors (Lipinski definition) is 2. The first-order chi connectivity index (χ1) is 17.9. The van der Waals surface area contributed by atoms with E-state index in [9.17, 15) is 4.79 Å². The maximum Gasteiger partial charge on any atom is 0.256 e. The molecule has 0 radical (unpaired) electrons. The van der Waals surface area contributed by atoms with E-state index >= 15 is 0 Å². The zero-order valence-corrected chi connectivity index (χ0v) is 21.6. The van der Waals surface area contributed by atoms with Crippen molar-refractivity contribution >= 4 is 47.1 Å². The molecule has 3 aromatic rings. The molecule has 1 aliphatic heterocycles. The predicted molar refractivity (Wildman–Crippen MR) is 148 cm³/mol. The first kappa shape index (κ1) is 25.9. The molecule has 3 N–H and O–H groups in total. The molecule has 0 fully saturated rings. The Kier molecular flexibility index (Phi) is 8.56. The van der Waals surface area contributed by atoms with Crippen molar-refractivity contribution in [3.8, 4) is 6.07 Å². The van der Waals surface area contributed by atoms with Crippen molar-refractivity contribution in [2.45, 2.75) is 24.2 Å². The van der Waals surface area contributed by atoms with Gasteiger partial charge in [0, 0.05) is 41.3 Å². The Balaban J connectivity index is 1.73. The second kappa shape index (κ2) is 12.2. The van der Waals surface area contributed by atoms with Crippen LogP contribution in [-0.2, 0) is 4.79 Å². The Morgan fingerprint density at radius 1 is 1.14 bits per heavy atom. The summed E-state index contributed by atoms with van der Waals surface area (Å²) >= 11 is 7.32. The highest BCUT2D eigenvalue weighted by Gasteiger charge is 2.28. The molecule has 1 aliphatic rings. The van der Waals surface area contributed by atoms with Gasteiger partial charge in [-0.05, 0) is 53.9 Å². The monoisotopic (exact) mass is 529 g/mol. The van der Waals surface area contributed by atoms with Crippen LogP contribution in [-0.4, -0.2) is 35.1 Å². The number of aliphatic imine (C=N–C) groups is 1. The van der Waals surface area contributed by atoms with Crippen molar-refractivity contribution in [3.63, 3.8) is 0 Å². The predicted octanol–water partition coefficient (Wildman–Crippen LogP) is 4.92. The molecule has 0 aromatic heterocycles. The number of benzene rings is 3. The number of hydrazone groups is 1. The van der Waals surface area contributed by atoms with Crippen LogP contribution < -0.4 is 11.1 Å². The van der Waals surface area contributed by atoms with Crippen molar-refractivity contribution in [1.29, 1.82) is 5.26 Å². The minimum absolute atomic E-state index is 0.0581. The maximum absolute atomic E-state index is 11.5. The van der Waals surface area contributed by atoms with E-state index in [4.69, 9.17) is 27.7 Å². The summed E-state index contributed by atoms with van der Waals surface area (Å²) in [5.74, 6) is -0.130. The summed E-state index contributed by atoms with van der Waals surface area (Å²) in [6, 6.07) is 26.9. The maximum atomic E-state index is 11.5. The number of guanidine groups is 2. The van der Waals surface area contributed by atoms with Gasteiger partial charge in [0.05, 0.1) is 17.3 Å². The molecule has 3 aromatic carbocycles. The quantitative estimate of drug-likeness (QED) is 0.282. The summed E-state index contributed by atoms with van der Waals surface area (Å²) in [7, 11) is 0. The number of nitrogens with zero attached hydrogens (tertiary/aromatic N) is 5. The average Bonchev–Trinajstić information content (AvgIpc) is 2.91. The standard InChI is InChI=1S/C27H24ClN7OS/c1-18(36)31-26(30)32-27(34-37-23-13-7-19(17-29)8-14-23)35-16-15-24(20-5-3-2-4-6-20)25(33-35)21-9-11-22(28)12-10-21/h2-14,24H,15-16H2,1H3,(H3,30,31,32,34,36). The number of carbonyl (C=O) groups excluding carboxylic acids is 1. The van der Waals surface area contributed by atoms with Gasteiger partial charge in [0.25, 0.3) is 5.96 Å². The Morgan fingerprint density at radius 2 is 1.84 bits per heavy atom. The van der Waals surface area contributed by atoms with E-state index in [1.807, 2.05) is 42.5 Å². The summed E-state index contributed by atoms with van der Waals surface area (Å²) in [5.41, 5.74) is 9.46. The van der Waals surface area contributed by atoms with E-state index in [1.165, 1.54) is 18.9 Å². The Hall–Kier alpha value is -4.13. The normalized spacial score (nSPS) is 16.1. The molecule has 0 spiro atoms. The molecule has 0 bridgehead atoms. The number of nitriles is 1. The number of nitrogens with two attached hydrogens (primary N) is 1. The molecule has 1 heterocycles. The highest BCUT2D eigenvalue weighted by molar-refractivity contribution is 7.98. The third-order valence-corrected chi connectivity index (χ3v) is 6.49. The molecule has 186 valence electrons. The molecule has 10 heteroatoms. The van der Waals surface area contributed by atoms with Gasteiger partial charge in [-0.1, -0.05) is 54.1 Å². The third kappa shape index (κ3) is 6.97. The van der Waals surface area contributed by atoms with Gasteiger partial charge in [0.1, 0.15) is 0 Å². The molecule has 4 rings (SSSR count). The second-order valence-electron chi connectivity index (χ2n) is 8.16. The van der Waals surface area contributed by atoms with E-state index < -0.39 is 0 Å². The lowest BCUT2D eigenvalue weighted by atomic mass is 9.86. The van der Waals surface area contributed by atoms with Crippen LogP contribution in [0.5, 0.6) is 0 Å². The molecule has 0 saturated carbocycles. The van der Waals surface area contributed by atoms with Gasteiger partial charge in [0.2, 0.25) is 11.9 Å². The average molecular weight is 530 g/mol. The summed E-state index contributed by atoms with van der Waals surface area (Å²) in [6.07, 6.45) is 0.752. The minimum atomic E-state index is -0.339. The Morgan fingerprint density at radius 3 is 2.49 bits per heavy atom. The Bertz CT molecular complexity index is 1380. The number of rotatable bonds is 4. The number of halogens is 1. The fourth-order valence-electron chi connectivity index (χ4n) is 3.80. The molecule has 1 amide bonds. The van der Waals surface area contributed by atoms with Crippen LogP contribution in [0.1, 0.15) is 36.0 Å². The van der Waals surface area contributed by atoms with Gasteiger partial charge in [-0.3, -0.25) is 10.1 Å². The van der Waals surface area contributed by atoms with Crippen LogP contribution in [0, 0.1) is 11.3 Å². The van der Waals surface area contributed by atoms with E-state index in [0.717, 1.165) is 28.2 Å². The first-order valence-corrected chi connectivity index (χ1v) is 12.6. The van der Waals surface area contributed by atoms with Crippen LogP contribution in [0.15, 0.2) is 98.2 Å². The van der Waals surface area contributed by atoms with Gasteiger partial charge < -0.3 is 5.73 Å². The molecule has 0 saturated heterocycles. The minimum Gasteiger partial charge on any atom is -0.369 e. The number of amides is 1. The van der Waals surface area contributed by atoms with Gasteiger partial charge in [-0.15, -0.1) is 0 Å². The molecule has 0 aliphatic carbocycles. The lowest BCUT2D eigenvalue weighted by Crippen LogP contribution is -2.39. The number of carbonyl (C=O) groups is 1. The fraction of sp³-hybridized carbons (Fsp3) is 0.148. The summed E-state index contributed by atoms with van der Waals surface area (Å²) in [6.45, 7) is 1.88. The molecular weight excluding hydrogens is 506 g/mol. The first-order valence-electron chi connectivity index (χ1n) is 11.5.